The lowest BCUT2D eigenvalue weighted by atomic mass is 9.64. The molecule has 2 atom stereocenters. The number of hydrogen-bond acceptors (Lipinski definition) is 4. The maximum absolute atomic E-state index is 10.9. The molecule has 2 rings (SSSR count). The Labute approximate surface area is 99.6 Å². The standard InChI is InChI=1S/C12H16N2O3/c1-12(2)10(7-11(12)15)13-8-5-3-4-6-9(8)14(16)17/h3-6,10-11,13,15H,7H2,1-2H3. The summed E-state index contributed by atoms with van der Waals surface area (Å²) in [4.78, 5) is 10.5. The average Bonchev–Trinajstić information content (AvgIpc) is 2.29. The van der Waals surface area contributed by atoms with Crippen molar-refractivity contribution in [3.05, 3.63) is 34.4 Å². The van der Waals surface area contributed by atoms with Gasteiger partial charge in [0.15, 0.2) is 0 Å². The van der Waals surface area contributed by atoms with Crippen LogP contribution in [0.2, 0.25) is 0 Å². The minimum Gasteiger partial charge on any atom is -0.392 e. The normalized spacial score (nSPS) is 26.1. The Morgan fingerprint density at radius 3 is 2.65 bits per heavy atom. The van der Waals surface area contributed by atoms with Gasteiger partial charge < -0.3 is 10.4 Å². The highest BCUT2D eigenvalue weighted by Crippen LogP contribution is 2.43. The number of benzene rings is 1. The molecule has 0 bridgehead atoms. The molecule has 0 aromatic heterocycles. The van der Waals surface area contributed by atoms with E-state index >= 15 is 0 Å². The zero-order valence-electron chi connectivity index (χ0n) is 9.88. The molecule has 0 aliphatic heterocycles. The first kappa shape index (κ1) is 11.9. The van der Waals surface area contributed by atoms with Crippen molar-refractivity contribution in [2.45, 2.75) is 32.4 Å². The van der Waals surface area contributed by atoms with E-state index in [0.717, 1.165) is 0 Å². The number of nitrogens with one attached hydrogen (secondary N) is 1. The molecule has 1 saturated carbocycles. The summed E-state index contributed by atoms with van der Waals surface area (Å²) < 4.78 is 0. The third kappa shape index (κ3) is 1.98. The molecule has 0 heterocycles. The molecule has 0 spiro atoms. The van der Waals surface area contributed by atoms with Crippen LogP contribution in [-0.4, -0.2) is 22.2 Å². The van der Waals surface area contributed by atoms with E-state index in [1.54, 1.807) is 18.2 Å². The fourth-order valence-corrected chi connectivity index (χ4v) is 2.09. The monoisotopic (exact) mass is 236 g/mol. The second-order valence-electron chi connectivity index (χ2n) is 5.04. The van der Waals surface area contributed by atoms with Crippen LogP contribution < -0.4 is 5.32 Å². The molecular weight excluding hydrogens is 220 g/mol. The number of nitro benzene ring substituents is 1. The number of para-hydroxylation sites is 2. The number of aliphatic hydroxyl groups is 1. The number of hydrogen-bond donors (Lipinski definition) is 2. The van der Waals surface area contributed by atoms with Crippen molar-refractivity contribution in [1.82, 2.24) is 0 Å². The summed E-state index contributed by atoms with van der Waals surface area (Å²) in [6.07, 6.45) is 0.279. The van der Waals surface area contributed by atoms with Crippen molar-refractivity contribution in [3.63, 3.8) is 0 Å². The van der Waals surface area contributed by atoms with E-state index in [9.17, 15) is 15.2 Å². The van der Waals surface area contributed by atoms with E-state index in [2.05, 4.69) is 5.32 Å². The molecule has 5 heteroatoms. The molecule has 5 nitrogen and oxygen atoms in total. The Bertz CT molecular complexity index is 445. The fraction of sp³-hybridized carbons (Fsp3) is 0.500. The zero-order valence-corrected chi connectivity index (χ0v) is 9.88. The van der Waals surface area contributed by atoms with Crippen molar-refractivity contribution < 1.29 is 10.0 Å². The summed E-state index contributed by atoms with van der Waals surface area (Å²) in [5.74, 6) is 0. The molecule has 92 valence electrons. The molecule has 17 heavy (non-hydrogen) atoms. The Kier molecular flexibility index (Phi) is 2.79. The highest BCUT2D eigenvalue weighted by Gasteiger charge is 2.47. The van der Waals surface area contributed by atoms with Gasteiger partial charge in [-0.1, -0.05) is 26.0 Å². The first-order valence-corrected chi connectivity index (χ1v) is 5.61. The molecule has 2 N–H and O–H groups in total. The first-order valence-electron chi connectivity index (χ1n) is 5.61. The topological polar surface area (TPSA) is 75.4 Å². The van der Waals surface area contributed by atoms with Gasteiger partial charge in [0.2, 0.25) is 0 Å². The van der Waals surface area contributed by atoms with E-state index in [-0.39, 0.29) is 23.2 Å². The molecule has 0 saturated heterocycles. The molecule has 1 fully saturated rings. The molecular formula is C12H16N2O3. The molecule has 0 radical (unpaired) electrons. The highest BCUT2D eigenvalue weighted by atomic mass is 16.6. The minimum absolute atomic E-state index is 0.0681. The van der Waals surface area contributed by atoms with Gasteiger partial charge in [-0.2, -0.15) is 0 Å². The Hall–Kier alpha value is -1.62. The van der Waals surface area contributed by atoms with Crippen LogP contribution in [0.25, 0.3) is 0 Å². The van der Waals surface area contributed by atoms with Gasteiger partial charge in [0, 0.05) is 17.5 Å². The number of nitro groups is 1. The zero-order chi connectivity index (χ0) is 12.6. The molecule has 1 aliphatic rings. The Balaban J connectivity index is 2.18. The van der Waals surface area contributed by atoms with E-state index in [1.807, 2.05) is 13.8 Å². The molecule has 0 amide bonds. The third-order valence-corrected chi connectivity index (χ3v) is 3.65. The lowest BCUT2D eigenvalue weighted by molar-refractivity contribution is -0.384. The number of nitrogens with zero attached hydrogens (tertiary/aromatic N) is 1. The quantitative estimate of drug-likeness (QED) is 0.623. The second kappa shape index (κ2) is 4.00. The van der Waals surface area contributed by atoms with Gasteiger partial charge in [-0.3, -0.25) is 10.1 Å². The van der Waals surface area contributed by atoms with Crippen LogP contribution in [0.4, 0.5) is 11.4 Å². The summed E-state index contributed by atoms with van der Waals surface area (Å²) in [5.41, 5.74) is 0.344. The van der Waals surface area contributed by atoms with Gasteiger partial charge in [0.25, 0.3) is 5.69 Å². The smallest absolute Gasteiger partial charge is 0.292 e. The van der Waals surface area contributed by atoms with E-state index in [1.165, 1.54) is 6.07 Å². The van der Waals surface area contributed by atoms with E-state index in [0.29, 0.717) is 12.1 Å². The summed E-state index contributed by atoms with van der Waals surface area (Å²) in [6, 6.07) is 6.64. The molecule has 2 unspecified atom stereocenters. The summed E-state index contributed by atoms with van der Waals surface area (Å²) >= 11 is 0. The van der Waals surface area contributed by atoms with Crippen LogP contribution >= 0.6 is 0 Å². The van der Waals surface area contributed by atoms with Crippen molar-refractivity contribution in [2.24, 2.45) is 5.41 Å². The van der Waals surface area contributed by atoms with Crippen molar-refractivity contribution in [1.29, 1.82) is 0 Å². The van der Waals surface area contributed by atoms with Crippen molar-refractivity contribution in [2.75, 3.05) is 5.32 Å². The van der Waals surface area contributed by atoms with Gasteiger partial charge in [0.05, 0.1) is 11.0 Å². The van der Waals surface area contributed by atoms with Crippen LogP contribution in [0.3, 0.4) is 0 Å². The van der Waals surface area contributed by atoms with E-state index in [4.69, 9.17) is 0 Å². The number of anilines is 1. The largest absolute Gasteiger partial charge is 0.392 e. The number of aliphatic hydroxyl groups excluding tert-OH is 1. The van der Waals surface area contributed by atoms with Gasteiger partial charge in [-0.05, 0) is 12.5 Å². The van der Waals surface area contributed by atoms with Gasteiger partial charge in [-0.25, -0.2) is 0 Å². The Morgan fingerprint density at radius 2 is 2.12 bits per heavy atom. The summed E-state index contributed by atoms with van der Waals surface area (Å²) in [5, 5.41) is 23.6. The maximum atomic E-state index is 10.9. The minimum atomic E-state index is -0.398. The van der Waals surface area contributed by atoms with Crippen molar-refractivity contribution >= 4 is 11.4 Å². The lowest BCUT2D eigenvalue weighted by Crippen LogP contribution is -2.56. The van der Waals surface area contributed by atoms with E-state index < -0.39 is 4.92 Å². The molecule has 1 aliphatic carbocycles. The highest BCUT2D eigenvalue weighted by molar-refractivity contribution is 5.62. The van der Waals surface area contributed by atoms with Crippen molar-refractivity contribution in [3.8, 4) is 0 Å². The maximum Gasteiger partial charge on any atom is 0.292 e. The second-order valence-corrected chi connectivity index (χ2v) is 5.04. The Morgan fingerprint density at radius 1 is 1.47 bits per heavy atom. The van der Waals surface area contributed by atoms with Gasteiger partial charge in [-0.15, -0.1) is 0 Å². The summed E-state index contributed by atoms with van der Waals surface area (Å²) in [7, 11) is 0. The lowest BCUT2D eigenvalue weighted by Gasteiger charge is -2.49. The van der Waals surface area contributed by atoms with Gasteiger partial charge in [0.1, 0.15) is 5.69 Å². The van der Waals surface area contributed by atoms with Crippen LogP contribution in [0.15, 0.2) is 24.3 Å². The third-order valence-electron chi connectivity index (χ3n) is 3.65. The average molecular weight is 236 g/mol. The SMILES string of the molecule is CC1(C)C(O)CC1Nc1ccccc1[N+](=O)[O-]. The first-order chi connectivity index (χ1) is 7.93. The van der Waals surface area contributed by atoms with Crippen LogP contribution in [-0.2, 0) is 0 Å². The number of rotatable bonds is 3. The predicted molar refractivity (Wildman–Crippen MR) is 64.9 cm³/mol. The predicted octanol–water partition coefficient (Wildman–Crippen LogP) is 2.17. The van der Waals surface area contributed by atoms with Crippen LogP contribution in [0.5, 0.6) is 0 Å². The van der Waals surface area contributed by atoms with Crippen LogP contribution in [0.1, 0.15) is 20.3 Å². The molecule has 1 aromatic carbocycles. The molecule has 1 aromatic rings. The summed E-state index contributed by atoms with van der Waals surface area (Å²) in [6.45, 7) is 3.90. The fourth-order valence-electron chi connectivity index (χ4n) is 2.09. The van der Waals surface area contributed by atoms with Gasteiger partial charge >= 0.3 is 0 Å². The van der Waals surface area contributed by atoms with Crippen LogP contribution in [0, 0.1) is 15.5 Å².